The molecule has 0 aromatic heterocycles. The van der Waals surface area contributed by atoms with Crippen LogP contribution < -0.4 is 5.73 Å². The number of allylic oxidation sites excluding steroid dienone is 3. The second-order valence-electron chi connectivity index (χ2n) is 10.9. The fourth-order valence-electron chi connectivity index (χ4n) is 5.48. The number of benzene rings is 1. The minimum Gasteiger partial charge on any atom is -0.402 e. The van der Waals surface area contributed by atoms with Gasteiger partial charge in [0.1, 0.15) is 0 Å². The van der Waals surface area contributed by atoms with Crippen LogP contribution in [0, 0.1) is 5.92 Å². The average molecular weight is 500 g/mol. The second kappa shape index (κ2) is 12.7. The van der Waals surface area contributed by atoms with Crippen molar-refractivity contribution in [3.63, 3.8) is 0 Å². The number of piperazine rings is 1. The van der Waals surface area contributed by atoms with Gasteiger partial charge in [0.05, 0.1) is 6.04 Å². The molecule has 198 valence electrons. The highest BCUT2D eigenvalue weighted by Gasteiger charge is 2.26. The van der Waals surface area contributed by atoms with Crippen molar-refractivity contribution in [2.75, 3.05) is 39.3 Å². The lowest BCUT2D eigenvalue weighted by Gasteiger charge is -2.38. The zero-order valence-corrected chi connectivity index (χ0v) is 23.3. The second-order valence-corrected chi connectivity index (χ2v) is 10.9. The van der Waals surface area contributed by atoms with E-state index in [0.717, 1.165) is 81.3 Å². The first-order valence-corrected chi connectivity index (χ1v) is 14.0. The van der Waals surface area contributed by atoms with E-state index in [4.69, 9.17) is 15.7 Å². The van der Waals surface area contributed by atoms with Gasteiger partial charge < -0.3 is 5.73 Å². The normalized spacial score (nSPS) is 24.0. The smallest absolute Gasteiger partial charge is 0.152 e. The van der Waals surface area contributed by atoms with Crippen LogP contribution in [0.3, 0.4) is 0 Å². The lowest BCUT2D eigenvalue weighted by Crippen LogP contribution is -2.47. The van der Waals surface area contributed by atoms with Crippen molar-refractivity contribution in [1.29, 1.82) is 0 Å². The van der Waals surface area contributed by atoms with Gasteiger partial charge in [-0.25, -0.2) is 4.99 Å². The van der Waals surface area contributed by atoms with E-state index in [-0.39, 0.29) is 6.04 Å². The zero-order chi connectivity index (χ0) is 26.4. The summed E-state index contributed by atoms with van der Waals surface area (Å²) in [5.41, 5.74) is 15.2. The van der Waals surface area contributed by atoms with Gasteiger partial charge in [0.25, 0.3) is 0 Å². The quantitative estimate of drug-likeness (QED) is 0.423. The molecule has 0 spiro atoms. The van der Waals surface area contributed by atoms with Gasteiger partial charge in [-0.05, 0) is 44.7 Å². The SMILES string of the molecule is C=CC1CC(CN2CCN(C/C=C/c3ccc(C/C(C4=NC(C)CC(C)=N4)=C(/N)CC)cc3)CC2)=C1C. The highest BCUT2D eigenvalue weighted by molar-refractivity contribution is 6.08. The number of hydrogen-bond donors (Lipinski definition) is 1. The molecule has 37 heavy (non-hydrogen) atoms. The van der Waals surface area contributed by atoms with E-state index in [1.54, 1.807) is 11.1 Å². The Hall–Kier alpha value is -2.76. The Morgan fingerprint density at radius 1 is 1.08 bits per heavy atom. The van der Waals surface area contributed by atoms with Gasteiger partial charge in [-0.15, -0.1) is 6.58 Å². The van der Waals surface area contributed by atoms with Crippen LogP contribution in [0.15, 0.2) is 75.4 Å². The summed E-state index contributed by atoms with van der Waals surface area (Å²) in [4.78, 5) is 14.7. The van der Waals surface area contributed by atoms with Crippen molar-refractivity contribution in [1.82, 2.24) is 9.80 Å². The van der Waals surface area contributed by atoms with Crippen LogP contribution in [-0.2, 0) is 6.42 Å². The third-order valence-corrected chi connectivity index (χ3v) is 8.05. The molecule has 0 saturated carbocycles. The topological polar surface area (TPSA) is 57.2 Å². The first kappa shape index (κ1) is 27.3. The predicted molar refractivity (Wildman–Crippen MR) is 159 cm³/mol. The fraction of sp³-hybridized carbons (Fsp3) is 0.500. The molecule has 2 N–H and O–H groups in total. The van der Waals surface area contributed by atoms with Crippen molar-refractivity contribution < 1.29 is 0 Å². The molecule has 1 aromatic rings. The third kappa shape index (κ3) is 7.18. The summed E-state index contributed by atoms with van der Waals surface area (Å²) < 4.78 is 0. The van der Waals surface area contributed by atoms with Crippen molar-refractivity contribution in [2.24, 2.45) is 21.6 Å². The van der Waals surface area contributed by atoms with E-state index in [2.05, 4.69) is 86.6 Å². The summed E-state index contributed by atoms with van der Waals surface area (Å²) in [5, 5.41) is 0. The number of hydrogen-bond acceptors (Lipinski definition) is 5. The molecule has 0 radical (unpaired) electrons. The van der Waals surface area contributed by atoms with Crippen molar-refractivity contribution >= 4 is 17.6 Å². The Balaban J connectivity index is 1.27. The van der Waals surface area contributed by atoms with Crippen LogP contribution in [0.25, 0.3) is 6.08 Å². The Kier molecular flexibility index (Phi) is 9.33. The van der Waals surface area contributed by atoms with Gasteiger partial charge in [-0.3, -0.25) is 14.8 Å². The molecule has 5 heteroatoms. The van der Waals surface area contributed by atoms with E-state index in [9.17, 15) is 0 Å². The van der Waals surface area contributed by atoms with Crippen LogP contribution in [0.4, 0.5) is 0 Å². The van der Waals surface area contributed by atoms with Crippen molar-refractivity contribution in [2.45, 2.75) is 59.4 Å². The summed E-state index contributed by atoms with van der Waals surface area (Å²) in [5.74, 6) is 1.44. The molecule has 3 aliphatic rings. The van der Waals surface area contributed by atoms with Gasteiger partial charge in [0, 0.05) is 75.0 Å². The lowest BCUT2D eigenvalue weighted by molar-refractivity contribution is 0.148. The molecule has 1 fully saturated rings. The average Bonchev–Trinajstić information content (AvgIpc) is 2.89. The predicted octanol–water partition coefficient (Wildman–Crippen LogP) is 5.66. The molecular weight excluding hydrogens is 454 g/mol. The van der Waals surface area contributed by atoms with Crippen LogP contribution in [0.1, 0.15) is 58.1 Å². The Morgan fingerprint density at radius 2 is 1.78 bits per heavy atom. The monoisotopic (exact) mass is 499 g/mol. The van der Waals surface area contributed by atoms with Crippen LogP contribution in [0.5, 0.6) is 0 Å². The standard InChI is InChI=1S/C32H45N5/c1-6-28-21-29(25(28)5)22-37-17-15-36(16-18-37)14-8-9-26-10-12-27(13-11-26)20-30(31(33)7-2)32-34-23(3)19-24(4)35-32/h6,8-13,23,28H,1,7,14-22,33H2,2-5H3/b9-8+,31-30-. The molecule has 1 aliphatic carbocycles. The highest BCUT2D eigenvalue weighted by Crippen LogP contribution is 2.35. The maximum absolute atomic E-state index is 6.42. The van der Waals surface area contributed by atoms with E-state index < -0.39 is 0 Å². The van der Waals surface area contributed by atoms with Crippen LogP contribution in [0.2, 0.25) is 0 Å². The van der Waals surface area contributed by atoms with E-state index in [1.807, 2.05) is 0 Å². The number of nitrogens with zero attached hydrogens (tertiary/aromatic N) is 4. The largest absolute Gasteiger partial charge is 0.402 e. The van der Waals surface area contributed by atoms with Gasteiger partial charge in [-0.2, -0.15) is 0 Å². The van der Waals surface area contributed by atoms with Crippen molar-refractivity contribution in [3.8, 4) is 0 Å². The fourth-order valence-corrected chi connectivity index (χ4v) is 5.48. The summed E-state index contributed by atoms with van der Waals surface area (Å²) in [7, 11) is 0. The van der Waals surface area contributed by atoms with E-state index in [1.165, 1.54) is 17.5 Å². The molecule has 0 amide bonds. The van der Waals surface area contributed by atoms with Gasteiger partial charge >= 0.3 is 0 Å². The Bertz CT molecular complexity index is 1110. The molecule has 1 aromatic carbocycles. The van der Waals surface area contributed by atoms with Gasteiger partial charge in [-0.1, -0.05) is 60.6 Å². The maximum Gasteiger partial charge on any atom is 0.152 e. The first-order valence-electron chi connectivity index (χ1n) is 14.0. The molecule has 4 rings (SSSR count). The van der Waals surface area contributed by atoms with Gasteiger partial charge in [0.15, 0.2) is 5.84 Å². The summed E-state index contributed by atoms with van der Waals surface area (Å²) >= 11 is 0. The van der Waals surface area contributed by atoms with E-state index >= 15 is 0 Å². The maximum atomic E-state index is 6.42. The van der Waals surface area contributed by atoms with Crippen LogP contribution >= 0.6 is 0 Å². The van der Waals surface area contributed by atoms with Crippen LogP contribution in [-0.4, -0.2) is 66.7 Å². The molecule has 5 nitrogen and oxygen atoms in total. The highest BCUT2D eigenvalue weighted by atomic mass is 15.3. The minimum atomic E-state index is 0.261. The molecule has 1 saturated heterocycles. The summed E-state index contributed by atoms with van der Waals surface area (Å²) in [6.45, 7) is 19.3. The Morgan fingerprint density at radius 3 is 2.41 bits per heavy atom. The Labute approximate surface area is 224 Å². The van der Waals surface area contributed by atoms with Gasteiger partial charge in [0.2, 0.25) is 0 Å². The number of aliphatic imine (C=N–C) groups is 2. The third-order valence-electron chi connectivity index (χ3n) is 8.05. The van der Waals surface area contributed by atoms with Crippen molar-refractivity contribution in [3.05, 3.63) is 76.5 Å². The molecule has 2 atom stereocenters. The zero-order valence-electron chi connectivity index (χ0n) is 23.3. The minimum absolute atomic E-state index is 0.261. The molecular formula is C32H45N5. The molecule has 2 unspecified atom stereocenters. The van der Waals surface area contributed by atoms with E-state index in [0.29, 0.717) is 5.92 Å². The molecule has 2 heterocycles. The number of amidine groups is 1. The first-order chi connectivity index (χ1) is 17.9. The summed E-state index contributed by atoms with van der Waals surface area (Å²) in [6, 6.07) is 9.08. The lowest BCUT2D eigenvalue weighted by atomic mass is 9.78. The number of rotatable bonds is 10. The number of nitrogens with two attached hydrogens (primary N) is 1. The summed E-state index contributed by atoms with van der Waals surface area (Å²) in [6.07, 6.45) is 10.3. The molecule has 2 aliphatic heterocycles. The molecule has 0 bridgehead atoms.